The lowest BCUT2D eigenvalue weighted by atomic mass is 10.0. The molecule has 0 aliphatic carbocycles. The van der Waals surface area contributed by atoms with E-state index in [9.17, 15) is 9.59 Å². The highest BCUT2D eigenvalue weighted by atomic mass is 35.5. The summed E-state index contributed by atoms with van der Waals surface area (Å²) < 4.78 is 10.5. The number of hydrogen-bond donors (Lipinski definition) is 3. The summed E-state index contributed by atoms with van der Waals surface area (Å²) in [6.07, 6.45) is -0.659. The molecule has 29 heavy (non-hydrogen) atoms. The van der Waals surface area contributed by atoms with Gasteiger partial charge in [0.05, 0.1) is 14.2 Å². The number of carbonyl (C=O) groups excluding carboxylic acids is 1. The van der Waals surface area contributed by atoms with Crippen LogP contribution in [0.4, 0.5) is 4.79 Å². The summed E-state index contributed by atoms with van der Waals surface area (Å²) >= 11 is 12.0. The van der Waals surface area contributed by atoms with Crippen molar-refractivity contribution in [3.8, 4) is 11.5 Å². The predicted octanol–water partition coefficient (Wildman–Crippen LogP) is 3.55. The van der Waals surface area contributed by atoms with E-state index in [0.717, 1.165) is 5.56 Å². The van der Waals surface area contributed by atoms with Crippen molar-refractivity contribution in [2.45, 2.75) is 18.9 Å². The number of nitrogens with one attached hydrogen (secondary N) is 2. The first-order chi connectivity index (χ1) is 13.8. The molecule has 0 unspecified atom stereocenters. The van der Waals surface area contributed by atoms with Crippen LogP contribution in [0.5, 0.6) is 11.5 Å². The summed E-state index contributed by atoms with van der Waals surface area (Å²) in [5.74, 6) is 0.767. The zero-order valence-electron chi connectivity index (χ0n) is 16.0. The molecule has 156 valence electrons. The van der Waals surface area contributed by atoms with E-state index >= 15 is 0 Å². The number of rotatable bonds is 9. The van der Waals surface area contributed by atoms with Gasteiger partial charge < -0.3 is 25.2 Å². The number of amides is 2. The van der Waals surface area contributed by atoms with Gasteiger partial charge in [-0.15, -0.1) is 0 Å². The van der Waals surface area contributed by atoms with E-state index in [1.54, 1.807) is 38.5 Å². The first kappa shape index (κ1) is 22.6. The number of hydrogen-bond acceptors (Lipinski definition) is 4. The summed E-state index contributed by atoms with van der Waals surface area (Å²) in [5.41, 5.74) is 1.55. The molecule has 0 aliphatic rings. The standard InChI is InChI=1S/C20H22Cl2N2O5/c1-28-17-6-3-12(9-18(17)29-2)7-8-23-19(25)16(24-20(26)27)10-13-4-5-14(21)11-15(13)22/h3-6,9,11,16,24H,7-8,10H2,1-2H3,(H,23,25)(H,26,27)/t16-/m1/s1. The summed E-state index contributed by atoms with van der Waals surface area (Å²) in [6.45, 7) is 0.320. The molecular weight excluding hydrogens is 419 g/mol. The van der Waals surface area contributed by atoms with Gasteiger partial charge in [0.15, 0.2) is 11.5 Å². The molecule has 0 fully saturated rings. The Bertz CT molecular complexity index is 876. The Hall–Kier alpha value is -2.64. The third-order valence-corrected chi connectivity index (χ3v) is 4.80. The molecular formula is C20H22Cl2N2O5. The Kier molecular flexibility index (Phi) is 8.42. The van der Waals surface area contributed by atoms with Gasteiger partial charge in [-0.3, -0.25) is 4.79 Å². The highest BCUT2D eigenvalue weighted by molar-refractivity contribution is 6.35. The van der Waals surface area contributed by atoms with Crippen molar-refractivity contribution in [1.82, 2.24) is 10.6 Å². The lowest BCUT2D eigenvalue weighted by Crippen LogP contribution is -2.48. The lowest BCUT2D eigenvalue weighted by molar-refractivity contribution is -0.123. The Balaban J connectivity index is 2.00. The van der Waals surface area contributed by atoms with Crippen LogP contribution in [-0.2, 0) is 17.6 Å². The maximum Gasteiger partial charge on any atom is 0.405 e. The monoisotopic (exact) mass is 440 g/mol. The fraction of sp³-hybridized carbons (Fsp3) is 0.300. The fourth-order valence-corrected chi connectivity index (χ4v) is 3.24. The quantitative estimate of drug-likeness (QED) is 0.553. The van der Waals surface area contributed by atoms with Crippen LogP contribution in [0.1, 0.15) is 11.1 Å². The SMILES string of the molecule is COc1ccc(CCNC(=O)[C@@H](Cc2ccc(Cl)cc2Cl)NC(=O)O)cc1OC. The molecule has 0 aromatic heterocycles. The maximum absolute atomic E-state index is 12.5. The van der Waals surface area contributed by atoms with Gasteiger partial charge in [0.1, 0.15) is 6.04 Å². The van der Waals surface area contributed by atoms with Crippen LogP contribution in [0.25, 0.3) is 0 Å². The second-order valence-corrected chi connectivity index (χ2v) is 7.02. The third-order valence-electron chi connectivity index (χ3n) is 4.21. The van der Waals surface area contributed by atoms with Crippen LogP contribution < -0.4 is 20.1 Å². The van der Waals surface area contributed by atoms with Crippen molar-refractivity contribution in [2.75, 3.05) is 20.8 Å². The van der Waals surface area contributed by atoms with Gasteiger partial charge in [-0.2, -0.15) is 0 Å². The minimum absolute atomic E-state index is 0.102. The van der Waals surface area contributed by atoms with Gasteiger partial charge in [-0.1, -0.05) is 35.3 Å². The van der Waals surface area contributed by atoms with Crippen LogP contribution in [0.15, 0.2) is 36.4 Å². The van der Waals surface area contributed by atoms with Crippen molar-refractivity contribution in [1.29, 1.82) is 0 Å². The van der Waals surface area contributed by atoms with E-state index in [4.69, 9.17) is 37.8 Å². The van der Waals surface area contributed by atoms with Crippen LogP contribution in [0.3, 0.4) is 0 Å². The maximum atomic E-state index is 12.5. The lowest BCUT2D eigenvalue weighted by Gasteiger charge is -2.18. The molecule has 0 saturated carbocycles. The second kappa shape index (κ2) is 10.8. The first-order valence-electron chi connectivity index (χ1n) is 8.76. The summed E-state index contributed by atoms with van der Waals surface area (Å²) in [6, 6.07) is 9.34. The first-order valence-corrected chi connectivity index (χ1v) is 9.51. The Morgan fingerprint density at radius 2 is 1.79 bits per heavy atom. The zero-order chi connectivity index (χ0) is 21.4. The Morgan fingerprint density at radius 1 is 1.07 bits per heavy atom. The molecule has 1 atom stereocenters. The van der Waals surface area contributed by atoms with Crippen LogP contribution in [-0.4, -0.2) is 43.9 Å². The van der Waals surface area contributed by atoms with E-state index in [1.807, 2.05) is 12.1 Å². The molecule has 0 bridgehead atoms. The van der Waals surface area contributed by atoms with E-state index in [2.05, 4.69) is 10.6 Å². The third kappa shape index (κ3) is 6.73. The zero-order valence-corrected chi connectivity index (χ0v) is 17.5. The number of ether oxygens (including phenoxy) is 2. The highest BCUT2D eigenvalue weighted by Crippen LogP contribution is 2.27. The van der Waals surface area contributed by atoms with Crippen molar-refractivity contribution in [3.05, 3.63) is 57.6 Å². The van der Waals surface area contributed by atoms with Crippen molar-refractivity contribution in [2.24, 2.45) is 0 Å². The van der Waals surface area contributed by atoms with Gasteiger partial charge in [0.2, 0.25) is 5.91 Å². The number of carbonyl (C=O) groups is 2. The van der Waals surface area contributed by atoms with E-state index < -0.39 is 18.0 Å². The normalized spacial score (nSPS) is 11.4. The number of methoxy groups -OCH3 is 2. The van der Waals surface area contributed by atoms with Crippen LogP contribution in [0.2, 0.25) is 10.0 Å². The van der Waals surface area contributed by atoms with E-state index in [0.29, 0.717) is 40.1 Å². The smallest absolute Gasteiger partial charge is 0.405 e. The fourth-order valence-electron chi connectivity index (χ4n) is 2.75. The molecule has 2 rings (SSSR count). The van der Waals surface area contributed by atoms with Crippen LogP contribution in [0, 0.1) is 0 Å². The molecule has 0 spiro atoms. The molecule has 0 saturated heterocycles. The number of benzene rings is 2. The van der Waals surface area contributed by atoms with Gasteiger partial charge in [0, 0.05) is 23.0 Å². The Labute approximate surface area is 178 Å². The molecule has 0 aliphatic heterocycles. The molecule has 0 radical (unpaired) electrons. The minimum Gasteiger partial charge on any atom is -0.493 e. The average Bonchev–Trinajstić information content (AvgIpc) is 2.68. The highest BCUT2D eigenvalue weighted by Gasteiger charge is 2.22. The molecule has 2 amide bonds. The molecule has 7 nitrogen and oxygen atoms in total. The van der Waals surface area contributed by atoms with Crippen molar-refractivity contribution < 1.29 is 24.2 Å². The van der Waals surface area contributed by atoms with Gasteiger partial charge in [-0.05, 0) is 41.8 Å². The van der Waals surface area contributed by atoms with Gasteiger partial charge >= 0.3 is 6.09 Å². The van der Waals surface area contributed by atoms with E-state index in [1.165, 1.54) is 0 Å². The topological polar surface area (TPSA) is 96.9 Å². The van der Waals surface area contributed by atoms with Crippen LogP contribution >= 0.6 is 23.2 Å². The summed E-state index contributed by atoms with van der Waals surface area (Å²) in [5, 5.41) is 14.9. The average molecular weight is 441 g/mol. The molecule has 3 N–H and O–H groups in total. The summed E-state index contributed by atoms with van der Waals surface area (Å²) in [4.78, 5) is 23.6. The minimum atomic E-state index is -1.30. The van der Waals surface area contributed by atoms with Crippen molar-refractivity contribution in [3.63, 3.8) is 0 Å². The van der Waals surface area contributed by atoms with E-state index in [-0.39, 0.29) is 6.42 Å². The molecule has 2 aromatic carbocycles. The summed E-state index contributed by atoms with van der Waals surface area (Å²) in [7, 11) is 3.10. The largest absolute Gasteiger partial charge is 0.493 e. The Morgan fingerprint density at radius 3 is 2.41 bits per heavy atom. The second-order valence-electron chi connectivity index (χ2n) is 6.17. The number of halogens is 2. The molecule has 2 aromatic rings. The molecule has 9 heteroatoms. The predicted molar refractivity (Wildman–Crippen MR) is 111 cm³/mol. The van der Waals surface area contributed by atoms with Gasteiger partial charge in [-0.25, -0.2) is 4.79 Å². The number of carboxylic acid groups (broad SMARTS) is 1. The molecule has 0 heterocycles. The van der Waals surface area contributed by atoms with Gasteiger partial charge in [0.25, 0.3) is 0 Å². The van der Waals surface area contributed by atoms with Crippen molar-refractivity contribution >= 4 is 35.2 Å².